The van der Waals surface area contributed by atoms with Gasteiger partial charge in [0.1, 0.15) is 12.7 Å². The van der Waals surface area contributed by atoms with Crippen molar-refractivity contribution in [2.45, 2.75) is 19.4 Å². The lowest BCUT2D eigenvalue weighted by Crippen LogP contribution is -2.42. The Kier molecular flexibility index (Phi) is 4.36. The van der Waals surface area contributed by atoms with Crippen molar-refractivity contribution in [3.63, 3.8) is 0 Å². The van der Waals surface area contributed by atoms with Crippen LogP contribution in [0.5, 0.6) is 0 Å². The normalized spacial score (nSPS) is 17.9. The van der Waals surface area contributed by atoms with E-state index in [4.69, 9.17) is 0 Å². The van der Waals surface area contributed by atoms with E-state index in [1.807, 2.05) is 18.2 Å². The molecule has 1 aliphatic heterocycles. The van der Waals surface area contributed by atoms with Gasteiger partial charge >= 0.3 is 5.97 Å². The molecule has 7 nitrogen and oxygen atoms in total. The summed E-state index contributed by atoms with van der Waals surface area (Å²) in [5.41, 5.74) is 1.44. The number of rotatable bonds is 4. The van der Waals surface area contributed by atoms with Crippen molar-refractivity contribution >= 4 is 11.9 Å². The van der Waals surface area contributed by atoms with Crippen LogP contribution in [0.2, 0.25) is 0 Å². The highest BCUT2D eigenvalue weighted by Crippen LogP contribution is 2.20. The van der Waals surface area contributed by atoms with Gasteiger partial charge in [0.2, 0.25) is 0 Å². The number of amides is 1. The molecule has 7 heteroatoms. The summed E-state index contributed by atoms with van der Waals surface area (Å²) >= 11 is 0. The van der Waals surface area contributed by atoms with Crippen LogP contribution in [-0.2, 0) is 11.3 Å². The van der Waals surface area contributed by atoms with Crippen LogP contribution in [0.3, 0.4) is 0 Å². The monoisotopic (exact) mass is 314 g/mol. The maximum absolute atomic E-state index is 12.8. The van der Waals surface area contributed by atoms with Gasteiger partial charge in [-0.15, -0.1) is 0 Å². The molecule has 1 aliphatic rings. The molecule has 0 radical (unpaired) electrons. The van der Waals surface area contributed by atoms with Crippen LogP contribution in [0.15, 0.2) is 36.9 Å². The highest BCUT2D eigenvalue weighted by atomic mass is 16.4. The molecule has 2 aromatic rings. The molecule has 120 valence electrons. The second kappa shape index (κ2) is 6.60. The molecule has 2 heterocycles. The molecule has 1 aromatic carbocycles. The third-order valence-corrected chi connectivity index (χ3v) is 4.10. The molecule has 1 fully saturated rings. The quantitative estimate of drug-likeness (QED) is 0.918. The number of nitrogens with zero attached hydrogens (tertiary/aromatic N) is 4. The fourth-order valence-electron chi connectivity index (χ4n) is 2.89. The van der Waals surface area contributed by atoms with E-state index in [0.717, 1.165) is 5.56 Å². The molecular formula is C16H18N4O3. The maximum Gasteiger partial charge on any atom is 0.308 e. The van der Waals surface area contributed by atoms with Gasteiger partial charge in [0, 0.05) is 18.7 Å². The van der Waals surface area contributed by atoms with E-state index in [1.165, 1.54) is 6.33 Å². The summed E-state index contributed by atoms with van der Waals surface area (Å²) in [6.07, 6.45) is 4.39. The summed E-state index contributed by atoms with van der Waals surface area (Å²) in [5.74, 6) is -1.43. The van der Waals surface area contributed by atoms with Crippen LogP contribution in [0.1, 0.15) is 28.8 Å². The Morgan fingerprint density at radius 2 is 2.13 bits per heavy atom. The number of hydrogen-bond donors (Lipinski definition) is 1. The molecule has 1 saturated heterocycles. The lowest BCUT2D eigenvalue weighted by Gasteiger charge is -2.31. The fourth-order valence-corrected chi connectivity index (χ4v) is 2.89. The number of piperidine rings is 1. The van der Waals surface area contributed by atoms with Crippen molar-refractivity contribution in [2.24, 2.45) is 5.92 Å². The molecule has 0 bridgehead atoms. The Morgan fingerprint density at radius 1 is 1.30 bits per heavy atom. The molecule has 1 unspecified atom stereocenters. The number of hydrogen-bond acceptors (Lipinski definition) is 4. The molecular weight excluding hydrogens is 296 g/mol. The van der Waals surface area contributed by atoms with E-state index in [2.05, 4.69) is 10.1 Å². The zero-order chi connectivity index (χ0) is 16.2. The summed E-state index contributed by atoms with van der Waals surface area (Å²) in [6.45, 7) is 1.32. The predicted octanol–water partition coefficient (Wildman–Crippen LogP) is 1.26. The third kappa shape index (κ3) is 3.39. The predicted molar refractivity (Wildman–Crippen MR) is 81.8 cm³/mol. The second-order valence-corrected chi connectivity index (χ2v) is 5.68. The molecule has 1 N–H and O–H groups in total. The van der Waals surface area contributed by atoms with Gasteiger partial charge < -0.3 is 10.0 Å². The van der Waals surface area contributed by atoms with Gasteiger partial charge in [0.15, 0.2) is 0 Å². The Morgan fingerprint density at radius 3 is 2.87 bits per heavy atom. The number of likely N-dealkylation sites (tertiary alicyclic amines) is 1. The second-order valence-electron chi connectivity index (χ2n) is 5.68. The van der Waals surface area contributed by atoms with Gasteiger partial charge in [-0.2, -0.15) is 5.10 Å². The van der Waals surface area contributed by atoms with Crippen molar-refractivity contribution < 1.29 is 14.7 Å². The minimum Gasteiger partial charge on any atom is -0.481 e. The van der Waals surface area contributed by atoms with E-state index in [1.54, 1.807) is 22.0 Å². The van der Waals surface area contributed by atoms with Gasteiger partial charge in [-0.3, -0.25) is 9.59 Å². The summed E-state index contributed by atoms with van der Waals surface area (Å²) in [6, 6.07) is 7.35. The summed E-state index contributed by atoms with van der Waals surface area (Å²) in [5, 5.41) is 13.2. The minimum absolute atomic E-state index is 0.119. The highest BCUT2D eigenvalue weighted by Gasteiger charge is 2.29. The van der Waals surface area contributed by atoms with E-state index >= 15 is 0 Å². The number of carboxylic acid groups (broad SMARTS) is 1. The largest absolute Gasteiger partial charge is 0.481 e. The first kappa shape index (κ1) is 15.2. The van der Waals surface area contributed by atoms with Gasteiger partial charge in [0.25, 0.3) is 5.91 Å². The molecule has 0 aliphatic carbocycles. The SMILES string of the molecule is O=C(O)C1CCCN(C(=O)c2ccccc2Cn2cncn2)C1. The first-order valence-electron chi connectivity index (χ1n) is 7.57. The Labute approximate surface area is 133 Å². The van der Waals surface area contributed by atoms with Crippen LogP contribution in [0, 0.1) is 5.92 Å². The lowest BCUT2D eigenvalue weighted by molar-refractivity contribution is -0.143. The average Bonchev–Trinajstić information content (AvgIpc) is 3.08. The summed E-state index contributed by atoms with van der Waals surface area (Å²) < 4.78 is 1.66. The van der Waals surface area contributed by atoms with E-state index in [0.29, 0.717) is 31.5 Å². The zero-order valence-corrected chi connectivity index (χ0v) is 12.6. The van der Waals surface area contributed by atoms with Crippen LogP contribution in [0.25, 0.3) is 0 Å². The number of aromatic nitrogens is 3. The highest BCUT2D eigenvalue weighted by molar-refractivity contribution is 5.96. The molecule has 3 rings (SSSR count). The summed E-state index contributed by atoms with van der Waals surface area (Å²) in [7, 11) is 0. The molecule has 1 aromatic heterocycles. The average molecular weight is 314 g/mol. The zero-order valence-electron chi connectivity index (χ0n) is 12.6. The summed E-state index contributed by atoms with van der Waals surface area (Å²) in [4.78, 5) is 29.5. The van der Waals surface area contributed by atoms with Crippen LogP contribution in [-0.4, -0.2) is 49.7 Å². The van der Waals surface area contributed by atoms with E-state index < -0.39 is 11.9 Å². The van der Waals surface area contributed by atoms with Gasteiger partial charge in [-0.05, 0) is 24.5 Å². The number of carbonyl (C=O) groups excluding carboxylic acids is 1. The van der Waals surface area contributed by atoms with Gasteiger partial charge in [0.05, 0.1) is 12.5 Å². The van der Waals surface area contributed by atoms with Gasteiger partial charge in [-0.25, -0.2) is 9.67 Å². The van der Waals surface area contributed by atoms with Crippen LogP contribution in [0.4, 0.5) is 0 Å². The number of carbonyl (C=O) groups is 2. The molecule has 1 amide bonds. The number of carboxylic acids is 1. The van der Waals surface area contributed by atoms with Crippen LogP contribution >= 0.6 is 0 Å². The van der Waals surface area contributed by atoms with Crippen molar-refractivity contribution in [2.75, 3.05) is 13.1 Å². The number of aliphatic carboxylic acids is 1. The fraction of sp³-hybridized carbons (Fsp3) is 0.375. The Hall–Kier alpha value is -2.70. The topological polar surface area (TPSA) is 88.3 Å². The Balaban J connectivity index is 1.80. The number of benzene rings is 1. The van der Waals surface area contributed by atoms with Gasteiger partial charge in [-0.1, -0.05) is 18.2 Å². The van der Waals surface area contributed by atoms with Crippen molar-refractivity contribution in [1.29, 1.82) is 0 Å². The first-order valence-corrected chi connectivity index (χ1v) is 7.57. The third-order valence-electron chi connectivity index (χ3n) is 4.10. The molecule has 1 atom stereocenters. The van der Waals surface area contributed by atoms with E-state index in [9.17, 15) is 14.7 Å². The minimum atomic E-state index is -0.835. The standard InChI is InChI=1S/C16H18N4O3/c21-15(19-7-3-5-13(8-19)16(22)23)14-6-2-1-4-12(14)9-20-11-17-10-18-20/h1-2,4,6,10-11,13H,3,5,7-9H2,(H,22,23). The smallest absolute Gasteiger partial charge is 0.308 e. The van der Waals surface area contributed by atoms with Crippen molar-refractivity contribution in [3.05, 3.63) is 48.0 Å². The van der Waals surface area contributed by atoms with E-state index in [-0.39, 0.29) is 12.5 Å². The van der Waals surface area contributed by atoms with Crippen LogP contribution < -0.4 is 0 Å². The lowest BCUT2D eigenvalue weighted by atomic mass is 9.97. The molecule has 23 heavy (non-hydrogen) atoms. The van der Waals surface area contributed by atoms with Crippen molar-refractivity contribution in [3.8, 4) is 0 Å². The first-order chi connectivity index (χ1) is 11.1. The Bertz CT molecular complexity index is 699. The maximum atomic E-state index is 12.8. The van der Waals surface area contributed by atoms with Crippen molar-refractivity contribution in [1.82, 2.24) is 19.7 Å². The molecule has 0 saturated carbocycles. The molecule has 0 spiro atoms.